The fourth-order valence-corrected chi connectivity index (χ4v) is 0.0645. The van der Waals surface area contributed by atoms with Gasteiger partial charge in [-0.05, 0) is 0 Å². The molecule has 0 aliphatic carbocycles. The second-order valence-corrected chi connectivity index (χ2v) is 0.697. The summed E-state index contributed by atoms with van der Waals surface area (Å²) in [7, 11) is 0. The molecule has 0 rings (SSSR count). The van der Waals surface area contributed by atoms with E-state index in [1.54, 1.807) is 0 Å². The second kappa shape index (κ2) is 9.30. The third-order valence-corrected chi connectivity index (χ3v) is 0.256. The Morgan fingerprint density at radius 2 is 2.17 bits per heavy atom. The van der Waals surface area contributed by atoms with Crippen molar-refractivity contribution in [2.45, 2.75) is 0 Å². The molecule has 4 N–H and O–H groups in total. The maximum absolute atomic E-state index is 7.74. The summed E-state index contributed by atoms with van der Waals surface area (Å²) >= 11 is 0. The van der Waals surface area contributed by atoms with Gasteiger partial charge in [-0.1, -0.05) is 0 Å². The topological polar surface area (TPSA) is 58.3 Å². The van der Waals surface area contributed by atoms with E-state index in [2.05, 4.69) is 0 Å². The van der Waals surface area contributed by atoms with Gasteiger partial charge in [-0.2, -0.15) is 0 Å². The Hall–Kier alpha value is 0.880. The van der Waals surface area contributed by atoms with Crippen LogP contribution in [0.5, 0.6) is 0 Å². The Labute approximate surface area is 59.2 Å². The molecule has 0 atom stereocenters. The number of hydrogen-bond acceptors (Lipinski definition) is 3. The molecule has 0 unspecified atom stereocenters. The molecule has 0 radical (unpaired) electrons. The molecule has 0 aliphatic rings. The van der Waals surface area contributed by atoms with Crippen LogP contribution in [0.1, 0.15) is 0 Å². The molecule has 34 valence electrons. The van der Waals surface area contributed by atoms with Gasteiger partial charge in [-0.25, -0.2) is 5.48 Å². The monoisotopic (exact) mass is 100 g/mol. The molecule has 6 heavy (non-hydrogen) atoms. The summed E-state index contributed by atoms with van der Waals surface area (Å²) in [6.45, 7) is 0.955. The summed E-state index contributed by atoms with van der Waals surface area (Å²) in [5, 5.41) is 7.74. The fourth-order valence-electron chi connectivity index (χ4n) is 0.0645. The third-order valence-electron chi connectivity index (χ3n) is 0.256. The van der Waals surface area contributed by atoms with Crippen molar-refractivity contribution in [3.05, 3.63) is 0 Å². The summed E-state index contributed by atoms with van der Waals surface area (Å²) in [5.41, 5.74) is 6.81. The van der Waals surface area contributed by atoms with E-state index in [0.717, 1.165) is 0 Å². The Morgan fingerprint density at radius 3 is 2.17 bits per heavy atom. The predicted molar refractivity (Wildman–Crippen MR) is 26.0 cm³/mol. The number of hydrogen-bond donors (Lipinski definition) is 3. The Bertz CT molecular complexity index is 19.0. The van der Waals surface area contributed by atoms with Crippen LogP contribution in [0.3, 0.4) is 0 Å². The van der Waals surface area contributed by atoms with Crippen LogP contribution in [-0.4, -0.2) is 47.9 Å². The number of rotatable bonds is 2. The van der Waals surface area contributed by atoms with Crippen LogP contribution in [0.2, 0.25) is 0 Å². The van der Waals surface area contributed by atoms with Gasteiger partial charge in [-0.15, -0.1) is 0 Å². The van der Waals surface area contributed by atoms with Crippen LogP contribution in [0.25, 0.3) is 0 Å². The maximum atomic E-state index is 7.74. The van der Waals surface area contributed by atoms with E-state index in [9.17, 15) is 0 Å². The minimum atomic E-state index is 0. The first kappa shape index (κ1) is 9.99. The molecule has 4 heteroatoms. The number of nitrogens with two attached hydrogens (primary N) is 1. The Morgan fingerprint density at radius 1 is 1.67 bits per heavy atom. The summed E-state index contributed by atoms with van der Waals surface area (Å²) in [5.74, 6) is 0. The molecule has 0 spiro atoms. The van der Waals surface area contributed by atoms with Crippen LogP contribution < -0.4 is 11.2 Å². The molecule has 0 bridgehead atoms. The normalized spacial score (nSPS) is 7.00. The van der Waals surface area contributed by atoms with Gasteiger partial charge in [0.15, 0.2) is 0 Å². The fraction of sp³-hybridized carbons (Fsp3) is 1.00. The second-order valence-electron chi connectivity index (χ2n) is 0.697. The summed E-state index contributed by atoms with van der Waals surface area (Å²) in [6, 6.07) is 0. The summed E-state index contributed by atoms with van der Waals surface area (Å²) < 4.78 is 0. The molecule has 0 heterocycles. The van der Waals surface area contributed by atoms with Gasteiger partial charge >= 0.3 is 29.6 Å². The number of hydroxylamine groups is 1. The van der Waals surface area contributed by atoms with Crippen molar-refractivity contribution in [3.8, 4) is 0 Å². The van der Waals surface area contributed by atoms with Gasteiger partial charge in [0.05, 0.1) is 0 Å². The molecule has 3 nitrogen and oxygen atoms in total. The van der Waals surface area contributed by atoms with E-state index in [1.165, 1.54) is 0 Å². The van der Waals surface area contributed by atoms with E-state index >= 15 is 0 Å². The molecular formula is C2H9N2NaO. The van der Waals surface area contributed by atoms with Crippen LogP contribution in [0.15, 0.2) is 0 Å². The van der Waals surface area contributed by atoms with E-state index in [0.29, 0.717) is 13.1 Å². The van der Waals surface area contributed by atoms with Crippen molar-refractivity contribution in [1.29, 1.82) is 0 Å². The SMILES string of the molecule is NCCNO.[NaH]. The van der Waals surface area contributed by atoms with E-state index in [1.807, 2.05) is 5.48 Å². The van der Waals surface area contributed by atoms with Crippen molar-refractivity contribution < 1.29 is 5.21 Å². The molecule has 0 saturated heterocycles. The summed E-state index contributed by atoms with van der Waals surface area (Å²) in [4.78, 5) is 0. The molecule has 0 aromatic heterocycles. The summed E-state index contributed by atoms with van der Waals surface area (Å²) in [6.07, 6.45) is 0. The van der Waals surface area contributed by atoms with Gasteiger partial charge in [0.1, 0.15) is 0 Å². The standard InChI is InChI=1S/C2H8N2O.Na.H/c3-1-2-4-5;;/h4-5H,1-3H2;;. The molecular weight excluding hydrogens is 91.0 g/mol. The first-order valence-corrected chi connectivity index (χ1v) is 1.49. The third kappa shape index (κ3) is 8.86. The van der Waals surface area contributed by atoms with Gasteiger partial charge < -0.3 is 10.9 Å². The van der Waals surface area contributed by atoms with Crippen molar-refractivity contribution in [1.82, 2.24) is 5.48 Å². The van der Waals surface area contributed by atoms with Crippen molar-refractivity contribution in [3.63, 3.8) is 0 Å². The van der Waals surface area contributed by atoms with Gasteiger partial charge in [0, 0.05) is 13.1 Å². The van der Waals surface area contributed by atoms with E-state index in [-0.39, 0.29) is 29.6 Å². The van der Waals surface area contributed by atoms with Gasteiger partial charge in [0.2, 0.25) is 0 Å². The van der Waals surface area contributed by atoms with Crippen molar-refractivity contribution >= 4 is 29.6 Å². The van der Waals surface area contributed by atoms with Crippen molar-refractivity contribution in [2.24, 2.45) is 5.73 Å². The van der Waals surface area contributed by atoms with Gasteiger partial charge in [0.25, 0.3) is 0 Å². The van der Waals surface area contributed by atoms with Crippen molar-refractivity contribution in [2.75, 3.05) is 13.1 Å². The molecule has 0 aromatic rings. The average molecular weight is 100 g/mol. The van der Waals surface area contributed by atoms with Crippen LogP contribution in [-0.2, 0) is 0 Å². The van der Waals surface area contributed by atoms with Crippen LogP contribution in [0, 0.1) is 0 Å². The first-order chi connectivity index (χ1) is 2.41. The molecule has 0 fully saturated rings. The molecule has 0 aliphatic heterocycles. The average Bonchev–Trinajstić information content (AvgIpc) is 1.41. The zero-order valence-electron chi connectivity index (χ0n) is 2.94. The zero-order valence-corrected chi connectivity index (χ0v) is 2.94. The van der Waals surface area contributed by atoms with Gasteiger partial charge in [-0.3, -0.25) is 0 Å². The predicted octanol–water partition coefficient (Wildman–Crippen LogP) is -1.72. The van der Waals surface area contributed by atoms with E-state index < -0.39 is 0 Å². The molecule has 0 amide bonds. The first-order valence-electron chi connectivity index (χ1n) is 1.49. The Balaban J connectivity index is 0. The Kier molecular flexibility index (Phi) is 15.5. The quantitative estimate of drug-likeness (QED) is 0.285. The van der Waals surface area contributed by atoms with E-state index in [4.69, 9.17) is 10.9 Å². The minimum absolute atomic E-state index is 0. The van der Waals surface area contributed by atoms with Crippen LogP contribution >= 0.6 is 0 Å². The van der Waals surface area contributed by atoms with Crippen LogP contribution in [0.4, 0.5) is 0 Å². The molecule has 0 aromatic carbocycles. The molecule has 0 saturated carbocycles. The zero-order chi connectivity index (χ0) is 4.12. The number of nitrogens with one attached hydrogen (secondary N) is 1.